The van der Waals surface area contributed by atoms with E-state index in [0.717, 1.165) is 22.1 Å². The van der Waals surface area contributed by atoms with Crippen molar-refractivity contribution >= 4 is 17.6 Å². The Labute approximate surface area is 98.5 Å². The van der Waals surface area contributed by atoms with E-state index in [1.54, 1.807) is 12.1 Å². The molecule has 0 aliphatic carbocycles. The van der Waals surface area contributed by atoms with E-state index in [1.807, 2.05) is 0 Å². The minimum absolute atomic E-state index is 0.220. The lowest BCUT2D eigenvalue weighted by Gasteiger charge is -2.04. The van der Waals surface area contributed by atoms with Crippen LogP contribution < -0.4 is 0 Å². The topological polar surface area (TPSA) is 34.9 Å². The quantitative estimate of drug-likeness (QED) is 0.778. The molecule has 0 bridgehead atoms. The normalized spacial score (nSPS) is 11.8. The first-order valence-electron chi connectivity index (χ1n) is 4.58. The van der Waals surface area contributed by atoms with Crippen LogP contribution in [0.3, 0.4) is 0 Å². The molecule has 0 N–H and O–H groups in total. The van der Waals surface area contributed by atoms with Crippen molar-refractivity contribution < 1.29 is 18.0 Å². The molecule has 0 aliphatic heterocycles. The van der Waals surface area contributed by atoms with Crippen molar-refractivity contribution in [1.82, 2.24) is 9.78 Å². The van der Waals surface area contributed by atoms with E-state index in [9.17, 15) is 18.0 Å². The molecule has 0 radical (unpaired) electrons. The molecule has 90 valence electrons. The van der Waals surface area contributed by atoms with Crippen LogP contribution in [0.2, 0.25) is 0 Å². The summed E-state index contributed by atoms with van der Waals surface area (Å²) in [7, 11) is 1.24. The van der Waals surface area contributed by atoms with Crippen molar-refractivity contribution in [2.45, 2.75) is 6.18 Å². The summed E-state index contributed by atoms with van der Waals surface area (Å²) in [5, 5.41) is 3.79. The molecule has 0 amide bonds. The van der Waals surface area contributed by atoms with Crippen LogP contribution in [0.25, 0.3) is 10.6 Å². The number of halogens is 3. The second kappa shape index (κ2) is 3.99. The lowest BCUT2D eigenvalue weighted by molar-refractivity contribution is -0.143. The zero-order chi connectivity index (χ0) is 12.6. The van der Waals surface area contributed by atoms with E-state index >= 15 is 0 Å². The highest BCUT2D eigenvalue weighted by atomic mass is 32.1. The fraction of sp³-hybridized carbons (Fsp3) is 0.200. The molecule has 0 aromatic carbocycles. The average Bonchev–Trinajstić information content (AvgIpc) is 2.81. The summed E-state index contributed by atoms with van der Waals surface area (Å²) < 4.78 is 38.4. The Morgan fingerprint density at radius 3 is 2.59 bits per heavy atom. The Kier molecular flexibility index (Phi) is 2.78. The molecule has 2 aromatic heterocycles. The number of hydrogen-bond acceptors (Lipinski definition) is 3. The molecule has 0 unspecified atom stereocenters. The van der Waals surface area contributed by atoms with Gasteiger partial charge in [-0.15, -0.1) is 11.3 Å². The maximum Gasteiger partial charge on any atom is 0.433 e. The minimum atomic E-state index is -4.43. The molecule has 0 fully saturated rings. The van der Waals surface area contributed by atoms with Gasteiger partial charge in [0, 0.05) is 7.05 Å². The van der Waals surface area contributed by atoms with E-state index in [4.69, 9.17) is 0 Å². The first-order chi connectivity index (χ1) is 7.91. The van der Waals surface area contributed by atoms with Crippen molar-refractivity contribution in [3.63, 3.8) is 0 Å². The molecule has 2 rings (SSSR count). The van der Waals surface area contributed by atoms with Crippen molar-refractivity contribution in [2.75, 3.05) is 0 Å². The molecule has 7 heteroatoms. The maximum absolute atomic E-state index is 12.5. The first-order valence-corrected chi connectivity index (χ1v) is 5.40. The molecule has 0 spiro atoms. The average molecular weight is 260 g/mol. The highest BCUT2D eigenvalue weighted by Gasteiger charge is 2.35. The number of alkyl halides is 3. The standard InChI is InChI=1S/C10H7F3N2OS/c1-15-9(10(11,12)13)4-7(14-15)8-3-2-6(5-16)17-8/h2-5H,1H3. The number of carbonyl (C=O) groups is 1. The zero-order valence-corrected chi connectivity index (χ0v) is 9.47. The lowest BCUT2D eigenvalue weighted by Crippen LogP contribution is -2.11. The van der Waals surface area contributed by atoms with Gasteiger partial charge in [-0.1, -0.05) is 0 Å². The number of thiophene rings is 1. The molecule has 17 heavy (non-hydrogen) atoms. The highest BCUT2D eigenvalue weighted by molar-refractivity contribution is 7.17. The van der Waals surface area contributed by atoms with Crippen LogP contribution in [0.4, 0.5) is 13.2 Å². The number of nitrogens with zero attached hydrogens (tertiary/aromatic N) is 2. The monoisotopic (exact) mass is 260 g/mol. The molecule has 0 aliphatic rings. The first kappa shape index (κ1) is 11.8. The summed E-state index contributed by atoms with van der Waals surface area (Å²) in [6.07, 6.45) is -3.77. The van der Waals surface area contributed by atoms with Gasteiger partial charge in [-0.2, -0.15) is 18.3 Å². The van der Waals surface area contributed by atoms with Crippen LogP contribution in [-0.4, -0.2) is 16.1 Å². The van der Waals surface area contributed by atoms with Crippen LogP contribution >= 0.6 is 11.3 Å². The third-order valence-corrected chi connectivity index (χ3v) is 3.20. The van der Waals surface area contributed by atoms with Crippen LogP contribution in [0.1, 0.15) is 15.4 Å². The van der Waals surface area contributed by atoms with Crippen LogP contribution in [-0.2, 0) is 13.2 Å². The summed E-state index contributed by atoms with van der Waals surface area (Å²) in [6.45, 7) is 0. The third kappa shape index (κ3) is 2.23. The maximum atomic E-state index is 12.5. The number of rotatable bonds is 2. The summed E-state index contributed by atoms with van der Waals surface area (Å²) in [5.41, 5.74) is -0.591. The largest absolute Gasteiger partial charge is 0.433 e. The van der Waals surface area contributed by atoms with Gasteiger partial charge in [0.2, 0.25) is 0 Å². The van der Waals surface area contributed by atoms with Gasteiger partial charge in [0.25, 0.3) is 0 Å². The minimum Gasteiger partial charge on any atom is -0.297 e. The number of carbonyl (C=O) groups excluding carboxylic acids is 1. The lowest BCUT2D eigenvalue weighted by atomic mass is 10.3. The van der Waals surface area contributed by atoms with E-state index in [2.05, 4.69) is 5.10 Å². The van der Waals surface area contributed by atoms with Crippen LogP contribution in [0, 0.1) is 0 Å². The molecule has 0 atom stereocenters. The second-order valence-electron chi connectivity index (χ2n) is 3.36. The summed E-state index contributed by atoms with van der Waals surface area (Å²) in [6, 6.07) is 4.10. The van der Waals surface area contributed by atoms with Crippen molar-refractivity contribution in [3.05, 3.63) is 28.8 Å². The van der Waals surface area contributed by atoms with Crippen LogP contribution in [0.5, 0.6) is 0 Å². The Balaban J connectivity index is 2.44. The smallest absolute Gasteiger partial charge is 0.297 e. The second-order valence-corrected chi connectivity index (χ2v) is 4.47. The Morgan fingerprint density at radius 1 is 1.41 bits per heavy atom. The van der Waals surface area contributed by atoms with Gasteiger partial charge in [-0.25, -0.2) is 0 Å². The zero-order valence-electron chi connectivity index (χ0n) is 8.65. The van der Waals surface area contributed by atoms with Crippen molar-refractivity contribution in [2.24, 2.45) is 7.05 Å². The molecule has 0 saturated heterocycles. The van der Waals surface area contributed by atoms with Gasteiger partial charge < -0.3 is 0 Å². The van der Waals surface area contributed by atoms with E-state index in [0.29, 0.717) is 16.0 Å². The van der Waals surface area contributed by atoms with Gasteiger partial charge in [0.05, 0.1) is 9.75 Å². The van der Waals surface area contributed by atoms with Gasteiger partial charge in [0.15, 0.2) is 6.29 Å². The van der Waals surface area contributed by atoms with Crippen LogP contribution in [0.15, 0.2) is 18.2 Å². The van der Waals surface area contributed by atoms with Gasteiger partial charge >= 0.3 is 6.18 Å². The van der Waals surface area contributed by atoms with Crippen molar-refractivity contribution in [1.29, 1.82) is 0 Å². The van der Waals surface area contributed by atoms with E-state index < -0.39 is 11.9 Å². The highest BCUT2D eigenvalue weighted by Crippen LogP contribution is 2.33. The predicted octanol–water partition coefficient (Wildman–Crippen LogP) is 2.98. The number of aldehydes is 1. The summed E-state index contributed by atoms with van der Waals surface area (Å²) in [5.74, 6) is 0. The van der Waals surface area contributed by atoms with E-state index in [-0.39, 0.29) is 5.69 Å². The number of hydrogen-bond donors (Lipinski definition) is 0. The molecular formula is C10H7F3N2OS. The number of aromatic nitrogens is 2. The van der Waals surface area contributed by atoms with E-state index in [1.165, 1.54) is 7.05 Å². The summed E-state index contributed by atoms with van der Waals surface area (Å²) >= 11 is 1.11. The third-order valence-electron chi connectivity index (χ3n) is 2.17. The SMILES string of the molecule is Cn1nc(-c2ccc(C=O)s2)cc1C(F)(F)F. The molecular weight excluding hydrogens is 253 g/mol. The van der Waals surface area contributed by atoms with Gasteiger partial charge in [-0.05, 0) is 18.2 Å². The Bertz CT molecular complexity index is 556. The Morgan fingerprint density at radius 2 is 2.12 bits per heavy atom. The molecule has 3 nitrogen and oxygen atoms in total. The van der Waals surface area contributed by atoms with Crippen molar-refractivity contribution in [3.8, 4) is 10.6 Å². The number of aryl methyl sites for hydroxylation is 1. The fourth-order valence-corrected chi connectivity index (χ4v) is 2.19. The molecule has 0 saturated carbocycles. The van der Waals surface area contributed by atoms with Gasteiger partial charge in [-0.3, -0.25) is 9.48 Å². The molecule has 2 heterocycles. The fourth-order valence-electron chi connectivity index (χ4n) is 1.41. The Hall–Kier alpha value is -1.63. The van der Waals surface area contributed by atoms with Gasteiger partial charge in [0.1, 0.15) is 11.4 Å². The summed E-state index contributed by atoms with van der Waals surface area (Å²) in [4.78, 5) is 11.5. The molecule has 2 aromatic rings. The predicted molar refractivity (Wildman–Crippen MR) is 56.9 cm³/mol.